The van der Waals surface area contributed by atoms with Gasteiger partial charge in [0.05, 0.1) is 0 Å². The Bertz CT molecular complexity index is 550. The van der Waals surface area contributed by atoms with Crippen molar-refractivity contribution in [3.05, 3.63) is 41.7 Å². The van der Waals surface area contributed by atoms with Gasteiger partial charge in [0, 0.05) is 30.0 Å². The van der Waals surface area contributed by atoms with E-state index in [0.717, 1.165) is 23.9 Å². The van der Waals surface area contributed by atoms with Crippen LogP contribution < -0.4 is 4.90 Å². The molecular weight excluding hydrogens is 266 g/mol. The van der Waals surface area contributed by atoms with Crippen LogP contribution in [0.25, 0.3) is 0 Å². The number of benzene rings is 1. The fraction of sp³-hybridized carbons (Fsp3) is 0.500. The Labute approximate surface area is 124 Å². The van der Waals surface area contributed by atoms with E-state index in [1.165, 1.54) is 18.4 Å². The summed E-state index contributed by atoms with van der Waals surface area (Å²) < 4.78 is 4.49. The molecule has 0 radical (unpaired) electrons. The second-order valence-electron chi connectivity index (χ2n) is 5.77. The van der Waals surface area contributed by atoms with E-state index in [-0.39, 0.29) is 0 Å². The van der Waals surface area contributed by atoms with Gasteiger partial charge in [0.2, 0.25) is 5.13 Å². The molecule has 1 aromatic carbocycles. The van der Waals surface area contributed by atoms with Crippen LogP contribution >= 0.6 is 11.5 Å². The lowest BCUT2D eigenvalue weighted by molar-refractivity contribution is 0.660. The third-order valence-electron chi connectivity index (χ3n) is 3.88. The molecule has 1 aliphatic rings. The van der Waals surface area contributed by atoms with Crippen LogP contribution in [0.15, 0.2) is 30.3 Å². The molecule has 3 rings (SSSR count). The van der Waals surface area contributed by atoms with Gasteiger partial charge in [0.1, 0.15) is 5.82 Å². The van der Waals surface area contributed by atoms with Crippen molar-refractivity contribution in [2.45, 2.75) is 45.1 Å². The van der Waals surface area contributed by atoms with Crippen LogP contribution in [-0.4, -0.2) is 21.9 Å². The van der Waals surface area contributed by atoms with Crippen LogP contribution in [0.1, 0.15) is 44.0 Å². The Hall–Kier alpha value is -1.42. The summed E-state index contributed by atoms with van der Waals surface area (Å²) in [6.45, 7) is 5.42. The Morgan fingerprint density at radius 1 is 1.30 bits per heavy atom. The highest BCUT2D eigenvalue weighted by Gasteiger charge is 2.27. The summed E-state index contributed by atoms with van der Waals surface area (Å²) in [6, 6.07) is 11.3. The second kappa shape index (κ2) is 5.92. The zero-order valence-corrected chi connectivity index (χ0v) is 12.9. The zero-order valence-electron chi connectivity index (χ0n) is 12.1. The first kappa shape index (κ1) is 13.6. The van der Waals surface area contributed by atoms with E-state index in [1.807, 2.05) is 0 Å². The molecule has 2 heterocycles. The van der Waals surface area contributed by atoms with Crippen molar-refractivity contribution in [2.75, 3.05) is 11.4 Å². The summed E-state index contributed by atoms with van der Waals surface area (Å²) in [5.74, 6) is 1.39. The van der Waals surface area contributed by atoms with E-state index in [9.17, 15) is 0 Å². The molecule has 1 aliphatic heterocycles. The Morgan fingerprint density at radius 3 is 2.80 bits per heavy atom. The SMILES string of the molecule is CC(C)c1nsc(N2CCCC2Cc2ccccc2)n1. The maximum Gasteiger partial charge on any atom is 0.205 e. The third kappa shape index (κ3) is 2.85. The third-order valence-corrected chi connectivity index (χ3v) is 4.65. The molecular formula is C16H21N3S. The molecule has 0 N–H and O–H groups in total. The predicted molar refractivity (Wildman–Crippen MR) is 84.5 cm³/mol. The van der Waals surface area contributed by atoms with Gasteiger partial charge in [0.25, 0.3) is 0 Å². The maximum absolute atomic E-state index is 4.72. The number of nitrogens with zero attached hydrogens (tertiary/aromatic N) is 3. The van der Waals surface area contributed by atoms with E-state index < -0.39 is 0 Å². The highest BCUT2D eigenvalue weighted by Crippen LogP contribution is 2.30. The largest absolute Gasteiger partial charge is 0.344 e. The van der Waals surface area contributed by atoms with E-state index in [2.05, 4.69) is 53.5 Å². The molecule has 1 unspecified atom stereocenters. The molecule has 0 amide bonds. The molecule has 4 heteroatoms. The molecule has 20 heavy (non-hydrogen) atoms. The van der Waals surface area contributed by atoms with Crippen molar-refractivity contribution in [1.29, 1.82) is 0 Å². The Morgan fingerprint density at radius 2 is 2.10 bits per heavy atom. The average Bonchev–Trinajstić information content (AvgIpc) is 3.08. The number of hydrogen-bond donors (Lipinski definition) is 0. The van der Waals surface area contributed by atoms with Crippen molar-refractivity contribution < 1.29 is 0 Å². The first-order valence-electron chi connectivity index (χ1n) is 7.38. The minimum Gasteiger partial charge on any atom is -0.344 e. The normalized spacial score (nSPS) is 18.9. The fourth-order valence-electron chi connectivity index (χ4n) is 2.76. The highest BCUT2D eigenvalue weighted by atomic mass is 32.1. The average molecular weight is 287 g/mol. The molecule has 2 aromatic rings. The minimum atomic E-state index is 0.412. The van der Waals surface area contributed by atoms with Crippen molar-refractivity contribution in [3.8, 4) is 0 Å². The first-order valence-corrected chi connectivity index (χ1v) is 8.15. The molecule has 0 saturated carbocycles. The minimum absolute atomic E-state index is 0.412. The second-order valence-corrected chi connectivity index (χ2v) is 6.50. The monoisotopic (exact) mass is 287 g/mol. The standard InChI is InChI=1S/C16H21N3S/c1-12(2)15-17-16(20-18-15)19-10-6-9-14(19)11-13-7-4-3-5-8-13/h3-5,7-8,12,14H,6,9-11H2,1-2H3. The van der Waals surface area contributed by atoms with Crippen molar-refractivity contribution in [2.24, 2.45) is 0 Å². The number of rotatable bonds is 4. The van der Waals surface area contributed by atoms with E-state index in [1.54, 1.807) is 11.5 Å². The van der Waals surface area contributed by atoms with Crippen LogP contribution in [0.2, 0.25) is 0 Å². The van der Waals surface area contributed by atoms with Crippen LogP contribution in [0.5, 0.6) is 0 Å². The quantitative estimate of drug-likeness (QED) is 0.854. The lowest BCUT2D eigenvalue weighted by Crippen LogP contribution is -2.30. The van der Waals surface area contributed by atoms with Crippen LogP contribution in [0.4, 0.5) is 5.13 Å². The van der Waals surface area contributed by atoms with Gasteiger partial charge >= 0.3 is 0 Å². The highest BCUT2D eigenvalue weighted by molar-refractivity contribution is 7.09. The van der Waals surface area contributed by atoms with Crippen molar-refractivity contribution >= 4 is 16.7 Å². The van der Waals surface area contributed by atoms with Crippen molar-refractivity contribution in [1.82, 2.24) is 9.36 Å². The summed E-state index contributed by atoms with van der Waals surface area (Å²) in [5.41, 5.74) is 1.41. The van der Waals surface area contributed by atoms with Gasteiger partial charge in [-0.3, -0.25) is 0 Å². The van der Waals surface area contributed by atoms with Gasteiger partial charge in [-0.1, -0.05) is 44.2 Å². The van der Waals surface area contributed by atoms with Gasteiger partial charge in [-0.05, 0) is 24.8 Å². The Balaban J connectivity index is 1.74. The van der Waals surface area contributed by atoms with Crippen LogP contribution in [0.3, 0.4) is 0 Å². The summed E-state index contributed by atoms with van der Waals surface area (Å²) in [5, 5.41) is 1.10. The molecule has 3 nitrogen and oxygen atoms in total. The number of aromatic nitrogens is 2. The Kier molecular flexibility index (Phi) is 4.01. The summed E-state index contributed by atoms with van der Waals surface area (Å²) in [4.78, 5) is 7.17. The molecule has 1 atom stereocenters. The van der Waals surface area contributed by atoms with Gasteiger partial charge in [0.15, 0.2) is 0 Å². The molecule has 1 aromatic heterocycles. The van der Waals surface area contributed by atoms with Crippen LogP contribution in [0, 0.1) is 0 Å². The molecule has 0 aliphatic carbocycles. The molecule has 0 bridgehead atoms. The van der Waals surface area contributed by atoms with Gasteiger partial charge < -0.3 is 4.90 Å². The van der Waals surface area contributed by atoms with E-state index in [4.69, 9.17) is 4.98 Å². The summed E-state index contributed by atoms with van der Waals surface area (Å²) in [6.07, 6.45) is 3.62. The van der Waals surface area contributed by atoms with Gasteiger partial charge in [-0.2, -0.15) is 4.37 Å². The molecule has 0 spiro atoms. The molecule has 1 saturated heterocycles. The summed E-state index contributed by atoms with van der Waals surface area (Å²) in [7, 11) is 0. The predicted octanol–water partition coefficient (Wildman–Crippen LogP) is 3.87. The number of hydrogen-bond acceptors (Lipinski definition) is 4. The lowest BCUT2D eigenvalue weighted by Gasteiger charge is -2.23. The zero-order chi connectivity index (χ0) is 13.9. The number of anilines is 1. The van der Waals surface area contributed by atoms with E-state index >= 15 is 0 Å². The smallest absolute Gasteiger partial charge is 0.205 e. The molecule has 106 valence electrons. The van der Waals surface area contributed by atoms with Gasteiger partial charge in [-0.15, -0.1) is 0 Å². The van der Waals surface area contributed by atoms with Crippen LogP contribution in [-0.2, 0) is 6.42 Å². The van der Waals surface area contributed by atoms with E-state index in [0.29, 0.717) is 12.0 Å². The lowest BCUT2D eigenvalue weighted by atomic mass is 10.0. The fourth-order valence-corrected chi connectivity index (χ4v) is 3.67. The van der Waals surface area contributed by atoms with Gasteiger partial charge in [-0.25, -0.2) is 4.98 Å². The summed E-state index contributed by atoms with van der Waals surface area (Å²) >= 11 is 1.55. The molecule has 1 fully saturated rings. The topological polar surface area (TPSA) is 29.0 Å². The first-order chi connectivity index (χ1) is 9.74. The maximum atomic E-state index is 4.72. The van der Waals surface area contributed by atoms with Crippen molar-refractivity contribution in [3.63, 3.8) is 0 Å².